The molecule has 0 aromatic heterocycles. The minimum atomic E-state index is 0.452. The predicted molar refractivity (Wildman–Crippen MR) is 61.7 cm³/mol. The van der Waals surface area contributed by atoms with Gasteiger partial charge in [-0.1, -0.05) is 0 Å². The summed E-state index contributed by atoms with van der Waals surface area (Å²) in [7, 11) is 0. The van der Waals surface area contributed by atoms with E-state index in [1.54, 1.807) is 0 Å². The van der Waals surface area contributed by atoms with Gasteiger partial charge in [-0.2, -0.15) is 0 Å². The summed E-state index contributed by atoms with van der Waals surface area (Å²) >= 11 is 0. The molecule has 3 nitrogen and oxygen atoms in total. The number of hydrogen-bond donors (Lipinski definition) is 1. The molecular formula is C12H23N3. The van der Waals surface area contributed by atoms with Crippen molar-refractivity contribution in [2.75, 3.05) is 32.7 Å². The summed E-state index contributed by atoms with van der Waals surface area (Å²) in [4.78, 5) is 5.26. The van der Waals surface area contributed by atoms with Gasteiger partial charge in [0.2, 0.25) is 0 Å². The van der Waals surface area contributed by atoms with E-state index in [4.69, 9.17) is 5.73 Å². The van der Waals surface area contributed by atoms with Crippen LogP contribution in [0.5, 0.6) is 0 Å². The first kappa shape index (κ1) is 10.1. The highest BCUT2D eigenvalue weighted by Gasteiger charge is 2.40. The van der Waals surface area contributed by atoms with E-state index in [9.17, 15) is 0 Å². The highest BCUT2D eigenvalue weighted by atomic mass is 15.3. The van der Waals surface area contributed by atoms with Gasteiger partial charge in [0.05, 0.1) is 0 Å². The zero-order valence-electron chi connectivity index (χ0n) is 9.57. The molecule has 0 spiro atoms. The first-order chi connectivity index (χ1) is 7.34. The molecule has 15 heavy (non-hydrogen) atoms. The van der Waals surface area contributed by atoms with Gasteiger partial charge in [-0.15, -0.1) is 0 Å². The second kappa shape index (κ2) is 4.04. The molecule has 0 radical (unpaired) electrons. The first-order valence-corrected chi connectivity index (χ1v) is 6.56. The van der Waals surface area contributed by atoms with Gasteiger partial charge in [0.15, 0.2) is 0 Å². The number of piperidine rings is 3. The highest BCUT2D eigenvalue weighted by molar-refractivity contribution is 4.98. The van der Waals surface area contributed by atoms with E-state index in [0.29, 0.717) is 12.1 Å². The molecule has 2 bridgehead atoms. The van der Waals surface area contributed by atoms with E-state index in [1.165, 1.54) is 58.4 Å². The number of fused-ring (bicyclic) bond motifs is 3. The summed E-state index contributed by atoms with van der Waals surface area (Å²) in [5.41, 5.74) is 6.37. The van der Waals surface area contributed by atoms with Crippen molar-refractivity contribution < 1.29 is 0 Å². The quantitative estimate of drug-likeness (QED) is 0.719. The van der Waals surface area contributed by atoms with Crippen LogP contribution < -0.4 is 5.73 Å². The van der Waals surface area contributed by atoms with Crippen molar-refractivity contribution >= 4 is 0 Å². The van der Waals surface area contributed by atoms with E-state index >= 15 is 0 Å². The summed E-state index contributed by atoms with van der Waals surface area (Å²) < 4.78 is 0. The van der Waals surface area contributed by atoms with Gasteiger partial charge in [0.25, 0.3) is 0 Å². The Morgan fingerprint density at radius 2 is 1.67 bits per heavy atom. The molecule has 4 fully saturated rings. The molecule has 2 atom stereocenters. The fourth-order valence-corrected chi connectivity index (χ4v) is 3.66. The maximum absolute atomic E-state index is 6.37. The van der Waals surface area contributed by atoms with Crippen molar-refractivity contribution in [2.45, 2.75) is 37.8 Å². The monoisotopic (exact) mass is 209 g/mol. The van der Waals surface area contributed by atoms with Crippen LogP contribution in [-0.4, -0.2) is 54.6 Å². The van der Waals surface area contributed by atoms with E-state index in [1.807, 2.05) is 0 Å². The van der Waals surface area contributed by atoms with E-state index in [-0.39, 0.29) is 0 Å². The van der Waals surface area contributed by atoms with Gasteiger partial charge in [-0.05, 0) is 57.8 Å². The topological polar surface area (TPSA) is 32.5 Å². The average molecular weight is 209 g/mol. The minimum absolute atomic E-state index is 0.452. The molecule has 0 aromatic rings. The zero-order chi connectivity index (χ0) is 10.3. The van der Waals surface area contributed by atoms with Gasteiger partial charge < -0.3 is 10.6 Å². The molecule has 3 heteroatoms. The number of hydrogen-bond acceptors (Lipinski definition) is 3. The molecular weight excluding hydrogens is 186 g/mol. The molecule has 4 aliphatic rings. The lowest BCUT2D eigenvalue weighted by Gasteiger charge is -2.50. The van der Waals surface area contributed by atoms with Crippen LogP contribution in [-0.2, 0) is 0 Å². The van der Waals surface area contributed by atoms with E-state index in [2.05, 4.69) is 9.80 Å². The van der Waals surface area contributed by atoms with E-state index < -0.39 is 0 Å². The molecule has 4 aliphatic heterocycles. The fraction of sp³-hybridized carbons (Fsp3) is 1.00. The van der Waals surface area contributed by atoms with E-state index in [0.717, 1.165) is 5.92 Å². The Morgan fingerprint density at radius 1 is 1.00 bits per heavy atom. The third-order valence-electron chi connectivity index (χ3n) is 4.68. The van der Waals surface area contributed by atoms with Gasteiger partial charge in [-0.25, -0.2) is 0 Å². The van der Waals surface area contributed by atoms with Crippen LogP contribution in [0.1, 0.15) is 25.7 Å². The fourth-order valence-electron chi connectivity index (χ4n) is 3.66. The summed E-state index contributed by atoms with van der Waals surface area (Å²) in [6.07, 6.45) is 5.48. The molecule has 0 amide bonds. The molecule has 0 aromatic carbocycles. The van der Waals surface area contributed by atoms with Crippen LogP contribution in [0.4, 0.5) is 0 Å². The van der Waals surface area contributed by atoms with Crippen LogP contribution in [0.25, 0.3) is 0 Å². The lowest BCUT2D eigenvalue weighted by atomic mass is 9.79. The van der Waals surface area contributed by atoms with Crippen molar-refractivity contribution in [3.05, 3.63) is 0 Å². The molecule has 86 valence electrons. The number of likely N-dealkylation sites (tertiary alicyclic amines) is 1. The smallest absolute Gasteiger partial charge is 0.0377 e. The van der Waals surface area contributed by atoms with Gasteiger partial charge in [0, 0.05) is 18.6 Å². The standard InChI is InChI=1S/C12H23N3/c13-12-10-3-7-15(8-4-10)11(12)9-14-5-1-2-6-14/h10-12H,1-9,13H2. The second-order valence-corrected chi connectivity index (χ2v) is 5.53. The van der Waals surface area contributed by atoms with Gasteiger partial charge >= 0.3 is 0 Å². The Bertz CT molecular complexity index is 215. The van der Waals surface area contributed by atoms with Crippen molar-refractivity contribution in [1.29, 1.82) is 0 Å². The lowest BCUT2D eigenvalue weighted by molar-refractivity contribution is 0.0129. The lowest BCUT2D eigenvalue weighted by Crippen LogP contribution is -2.64. The van der Waals surface area contributed by atoms with Crippen LogP contribution in [0.2, 0.25) is 0 Å². The SMILES string of the molecule is NC1C2CCN(CC2)C1CN1CCCC1. The van der Waals surface area contributed by atoms with Crippen molar-refractivity contribution in [2.24, 2.45) is 11.7 Å². The maximum Gasteiger partial charge on any atom is 0.0377 e. The van der Waals surface area contributed by atoms with Crippen molar-refractivity contribution in [3.63, 3.8) is 0 Å². The number of rotatable bonds is 2. The zero-order valence-corrected chi connectivity index (χ0v) is 9.57. The van der Waals surface area contributed by atoms with Gasteiger partial charge in [-0.3, -0.25) is 4.90 Å². The number of nitrogens with zero attached hydrogens (tertiary/aromatic N) is 2. The molecule has 4 heterocycles. The predicted octanol–water partition coefficient (Wildman–Crippen LogP) is 0.504. The Labute approximate surface area is 92.6 Å². The molecule has 2 unspecified atom stereocenters. The van der Waals surface area contributed by atoms with Crippen LogP contribution in [0.3, 0.4) is 0 Å². The second-order valence-electron chi connectivity index (χ2n) is 5.53. The maximum atomic E-state index is 6.37. The molecule has 4 saturated heterocycles. The van der Waals surface area contributed by atoms with Crippen molar-refractivity contribution in [1.82, 2.24) is 9.80 Å². The average Bonchev–Trinajstić information content (AvgIpc) is 2.77. The summed E-state index contributed by atoms with van der Waals surface area (Å²) in [6, 6.07) is 1.11. The number of nitrogens with two attached hydrogens (primary N) is 1. The Morgan fingerprint density at radius 3 is 2.27 bits per heavy atom. The third kappa shape index (κ3) is 1.81. The normalized spacial score (nSPS) is 46.2. The summed E-state index contributed by atoms with van der Waals surface area (Å²) in [5, 5.41) is 0. The largest absolute Gasteiger partial charge is 0.326 e. The molecule has 0 aliphatic carbocycles. The van der Waals surface area contributed by atoms with Crippen LogP contribution in [0, 0.1) is 5.92 Å². The Balaban J connectivity index is 1.64. The molecule has 0 saturated carbocycles. The molecule has 4 rings (SSSR count). The van der Waals surface area contributed by atoms with Gasteiger partial charge in [0.1, 0.15) is 0 Å². The first-order valence-electron chi connectivity index (χ1n) is 6.56. The highest BCUT2D eigenvalue weighted by Crippen LogP contribution is 2.31. The molecule has 2 N–H and O–H groups in total. The van der Waals surface area contributed by atoms with Crippen LogP contribution in [0.15, 0.2) is 0 Å². The summed E-state index contributed by atoms with van der Waals surface area (Å²) in [5.74, 6) is 0.822. The minimum Gasteiger partial charge on any atom is -0.326 e. The Kier molecular flexibility index (Phi) is 2.71. The summed E-state index contributed by atoms with van der Waals surface area (Å²) in [6.45, 7) is 6.45. The van der Waals surface area contributed by atoms with Crippen molar-refractivity contribution in [3.8, 4) is 0 Å². The van der Waals surface area contributed by atoms with Crippen LogP contribution >= 0.6 is 0 Å². The Hall–Kier alpha value is -0.120. The third-order valence-corrected chi connectivity index (χ3v) is 4.68.